The minimum absolute atomic E-state index is 0.0220. The van der Waals surface area contributed by atoms with E-state index in [-0.39, 0.29) is 12.3 Å². The summed E-state index contributed by atoms with van der Waals surface area (Å²) in [6.07, 6.45) is 7.73. The van der Waals surface area contributed by atoms with Gasteiger partial charge >= 0.3 is 5.97 Å². The topological polar surface area (TPSA) is 83.7 Å². The van der Waals surface area contributed by atoms with Crippen LogP contribution in [0.4, 0.5) is 0 Å². The number of unbranched alkanes of at least 4 members (excludes halogenated alkanes) is 3. The number of hydrogen-bond acceptors (Lipinski definition) is 4. The smallest absolute Gasteiger partial charge is 0.303 e. The van der Waals surface area contributed by atoms with Crippen LogP contribution < -0.4 is 5.32 Å². The lowest BCUT2D eigenvalue weighted by atomic mass is 10.1. The first kappa shape index (κ1) is 15.5. The van der Waals surface area contributed by atoms with Crippen molar-refractivity contribution < 1.29 is 14.7 Å². The minimum Gasteiger partial charge on any atom is -0.481 e. The highest BCUT2D eigenvalue weighted by Gasteiger charge is 2.07. The van der Waals surface area contributed by atoms with Crippen LogP contribution in [-0.4, -0.2) is 32.9 Å². The predicted octanol–water partition coefficient (Wildman–Crippen LogP) is 2.09. The molecule has 21 heavy (non-hydrogen) atoms. The second kappa shape index (κ2) is 7.78. The highest BCUT2D eigenvalue weighted by Crippen LogP contribution is 2.11. The molecule has 2 rings (SSSR count). The number of thiazole rings is 1. The fourth-order valence-corrected chi connectivity index (χ4v) is 2.79. The maximum absolute atomic E-state index is 11.8. The van der Waals surface area contributed by atoms with E-state index in [1.807, 2.05) is 22.2 Å². The van der Waals surface area contributed by atoms with Gasteiger partial charge in [-0.1, -0.05) is 12.8 Å². The number of amides is 1. The number of rotatable bonds is 9. The molecule has 0 radical (unpaired) electrons. The van der Waals surface area contributed by atoms with Crippen molar-refractivity contribution in [1.29, 1.82) is 0 Å². The lowest BCUT2D eigenvalue weighted by Crippen LogP contribution is -2.26. The van der Waals surface area contributed by atoms with Crippen molar-refractivity contribution in [3.05, 3.63) is 23.5 Å². The van der Waals surface area contributed by atoms with Crippen LogP contribution in [0.25, 0.3) is 4.96 Å². The molecule has 0 unspecified atom stereocenters. The van der Waals surface area contributed by atoms with E-state index in [9.17, 15) is 9.59 Å². The highest BCUT2D eigenvalue weighted by atomic mass is 32.1. The molecule has 2 aromatic rings. The van der Waals surface area contributed by atoms with Crippen LogP contribution in [-0.2, 0) is 16.0 Å². The van der Waals surface area contributed by atoms with Crippen molar-refractivity contribution >= 4 is 28.2 Å². The van der Waals surface area contributed by atoms with Gasteiger partial charge in [0.2, 0.25) is 5.91 Å². The summed E-state index contributed by atoms with van der Waals surface area (Å²) in [5.74, 6) is -0.769. The molecule has 0 bridgehead atoms. The molecule has 6 nitrogen and oxygen atoms in total. The molecule has 2 aromatic heterocycles. The summed E-state index contributed by atoms with van der Waals surface area (Å²) >= 11 is 1.54. The molecular weight excluding hydrogens is 290 g/mol. The van der Waals surface area contributed by atoms with Crippen molar-refractivity contribution in [1.82, 2.24) is 14.7 Å². The summed E-state index contributed by atoms with van der Waals surface area (Å²) in [5.41, 5.74) is 0.779. The summed E-state index contributed by atoms with van der Waals surface area (Å²) in [5, 5.41) is 13.3. The molecule has 0 saturated heterocycles. The molecule has 0 aliphatic carbocycles. The van der Waals surface area contributed by atoms with E-state index in [2.05, 4.69) is 10.3 Å². The summed E-state index contributed by atoms with van der Waals surface area (Å²) in [6.45, 7) is 0.633. The number of aliphatic carboxylic acids is 1. The van der Waals surface area contributed by atoms with E-state index in [4.69, 9.17) is 5.11 Å². The number of carboxylic acids is 1. The van der Waals surface area contributed by atoms with Crippen LogP contribution >= 0.6 is 11.3 Å². The van der Waals surface area contributed by atoms with E-state index in [0.717, 1.165) is 29.9 Å². The number of aromatic nitrogens is 2. The Hall–Kier alpha value is -1.89. The third-order valence-electron chi connectivity index (χ3n) is 3.12. The maximum Gasteiger partial charge on any atom is 0.303 e. The van der Waals surface area contributed by atoms with Crippen LogP contribution in [0, 0.1) is 0 Å². The predicted molar refractivity (Wildman–Crippen MR) is 80.5 cm³/mol. The van der Waals surface area contributed by atoms with Crippen molar-refractivity contribution in [2.45, 2.75) is 38.5 Å². The zero-order valence-electron chi connectivity index (χ0n) is 11.7. The largest absolute Gasteiger partial charge is 0.481 e. The van der Waals surface area contributed by atoms with Crippen molar-refractivity contribution in [2.75, 3.05) is 6.54 Å². The fraction of sp³-hybridized carbons (Fsp3) is 0.500. The number of carbonyl (C=O) groups is 2. The monoisotopic (exact) mass is 309 g/mol. The molecule has 0 saturated carbocycles. The molecule has 2 N–H and O–H groups in total. The maximum atomic E-state index is 11.8. The Morgan fingerprint density at radius 3 is 2.86 bits per heavy atom. The second-order valence-electron chi connectivity index (χ2n) is 4.91. The molecule has 0 aliphatic heterocycles. The van der Waals surface area contributed by atoms with Crippen LogP contribution in [0.2, 0.25) is 0 Å². The van der Waals surface area contributed by atoms with Gasteiger partial charge in [0.15, 0.2) is 4.96 Å². The first-order chi connectivity index (χ1) is 10.1. The Kier molecular flexibility index (Phi) is 5.74. The van der Waals surface area contributed by atoms with Gasteiger partial charge in [-0.3, -0.25) is 14.0 Å². The summed E-state index contributed by atoms with van der Waals surface area (Å²) in [4.78, 5) is 27.3. The SMILES string of the molecule is O=C(O)CCCCCCNC(=O)Cc1cn2ccsc2n1. The normalized spacial score (nSPS) is 10.9. The lowest BCUT2D eigenvalue weighted by Gasteiger charge is -2.03. The standard InChI is InChI=1S/C14H19N3O3S/c18-12(15-6-4-2-1-3-5-13(19)20)9-11-10-17-7-8-21-14(17)16-11/h7-8,10H,1-6,9H2,(H,15,18)(H,19,20). The number of nitrogens with one attached hydrogen (secondary N) is 1. The van der Waals surface area contributed by atoms with Crippen LogP contribution in [0.3, 0.4) is 0 Å². The number of hydrogen-bond donors (Lipinski definition) is 2. The van der Waals surface area contributed by atoms with E-state index >= 15 is 0 Å². The Labute approximate surface area is 126 Å². The Balaban J connectivity index is 1.57. The fourth-order valence-electron chi connectivity index (χ4n) is 2.07. The number of carbonyl (C=O) groups excluding carboxylic acids is 1. The number of imidazole rings is 1. The third kappa shape index (κ3) is 5.18. The molecule has 0 spiro atoms. The van der Waals surface area contributed by atoms with Crippen molar-refractivity contribution in [3.8, 4) is 0 Å². The van der Waals surface area contributed by atoms with Gasteiger partial charge in [0.05, 0.1) is 12.1 Å². The number of carboxylic acid groups (broad SMARTS) is 1. The first-order valence-corrected chi connectivity index (χ1v) is 7.92. The summed E-state index contributed by atoms with van der Waals surface area (Å²) < 4.78 is 1.91. The zero-order valence-corrected chi connectivity index (χ0v) is 12.6. The second-order valence-corrected chi connectivity index (χ2v) is 5.78. The molecule has 2 heterocycles. The van der Waals surface area contributed by atoms with Gasteiger partial charge in [0.25, 0.3) is 0 Å². The number of fused-ring (bicyclic) bond motifs is 1. The first-order valence-electron chi connectivity index (χ1n) is 7.05. The van der Waals surface area contributed by atoms with Gasteiger partial charge in [-0.2, -0.15) is 0 Å². The zero-order chi connectivity index (χ0) is 15.1. The van der Waals surface area contributed by atoms with E-state index in [1.165, 1.54) is 0 Å². The van der Waals surface area contributed by atoms with Crippen LogP contribution in [0.5, 0.6) is 0 Å². The van der Waals surface area contributed by atoms with Gasteiger partial charge < -0.3 is 10.4 Å². The number of nitrogens with zero attached hydrogens (tertiary/aromatic N) is 2. The van der Waals surface area contributed by atoms with Gasteiger partial charge in [-0.25, -0.2) is 4.98 Å². The molecule has 1 amide bonds. The third-order valence-corrected chi connectivity index (χ3v) is 3.90. The van der Waals surface area contributed by atoms with E-state index in [0.29, 0.717) is 19.4 Å². The Morgan fingerprint density at radius 1 is 1.29 bits per heavy atom. The quantitative estimate of drug-likeness (QED) is 0.695. The molecule has 0 atom stereocenters. The van der Waals surface area contributed by atoms with Gasteiger partial charge in [-0.05, 0) is 12.8 Å². The highest BCUT2D eigenvalue weighted by molar-refractivity contribution is 7.15. The van der Waals surface area contributed by atoms with Gasteiger partial charge in [0.1, 0.15) is 0 Å². The van der Waals surface area contributed by atoms with E-state index < -0.39 is 5.97 Å². The Bertz CT molecular complexity index is 577. The van der Waals surface area contributed by atoms with Gasteiger partial charge in [-0.15, -0.1) is 11.3 Å². The lowest BCUT2D eigenvalue weighted by molar-refractivity contribution is -0.137. The van der Waals surface area contributed by atoms with Crippen LogP contribution in [0.15, 0.2) is 17.8 Å². The molecular formula is C14H19N3O3S. The van der Waals surface area contributed by atoms with E-state index in [1.54, 1.807) is 11.3 Å². The summed E-state index contributed by atoms with van der Waals surface area (Å²) in [6, 6.07) is 0. The summed E-state index contributed by atoms with van der Waals surface area (Å²) in [7, 11) is 0. The Morgan fingerprint density at radius 2 is 2.10 bits per heavy atom. The molecule has 114 valence electrons. The molecule has 7 heteroatoms. The van der Waals surface area contributed by atoms with Crippen LogP contribution in [0.1, 0.15) is 37.8 Å². The average Bonchev–Trinajstić information content (AvgIpc) is 2.98. The average molecular weight is 309 g/mol. The molecule has 0 fully saturated rings. The van der Waals surface area contributed by atoms with Crippen molar-refractivity contribution in [2.24, 2.45) is 0 Å². The molecule has 0 aromatic carbocycles. The minimum atomic E-state index is -0.747. The molecule has 0 aliphatic rings. The van der Waals surface area contributed by atoms with Crippen molar-refractivity contribution in [3.63, 3.8) is 0 Å². The van der Waals surface area contributed by atoms with Gasteiger partial charge in [0, 0.05) is 30.7 Å².